The maximum Gasteiger partial charge on any atom is 0.136 e. The summed E-state index contributed by atoms with van der Waals surface area (Å²) in [5.74, 6) is 0.765. The van der Waals surface area contributed by atoms with Crippen molar-refractivity contribution in [3.63, 3.8) is 0 Å². The first-order valence-electron chi connectivity index (χ1n) is 9.49. The zero-order valence-corrected chi connectivity index (χ0v) is 16.5. The summed E-state index contributed by atoms with van der Waals surface area (Å²) in [6, 6.07) is 13.0. The molecule has 1 atom stereocenters. The van der Waals surface area contributed by atoms with Crippen molar-refractivity contribution >= 4 is 5.78 Å². The first-order valence-corrected chi connectivity index (χ1v) is 9.49. The summed E-state index contributed by atoms with van der Waals surface area (Å²) in [5, 5.41) is 0. The minimum absolute atomic E-state index is 0.286. The molecule has 0 amide bonds. The quantitative estimate of drug-likeness (QED) is 0.636. The van der Waals surface area contributed by atoms with Crippen LogP contribution in [0.25, 0.3) is 0 Å². The second-order valence-electron chi connectivity index (χ2n) is 7.63. The molecule has 1 aliphatic rings. The molecule has 1 fully saturated rings. The third-order valence-corrected chi connectivity index (χ3v) is 5.31. The van der Waals surface area contributed by atoms with Crippen LogP contribution in [0.3, 0.4) is 0 Å². The largest absolute Gasteiger partial charge is 0.299 e. The zero-order chi connectivity index (χ0) is 18.4. The molecule has 1 aliphatic carbocycles. The van der Waals surface area contributed by atoms with E-state index < -0.39 is 0 Å². The lowest BCUT2D eigenvalue weighted by atomic mass is 9.82. The summed E-state index contributed by atoms with van der Waals surface area (Å²) in [7, 11) is 0. The molecule has 0 aromatic heterocycles. The number of hydrogen-bond acceptors (Lipinski definition) is 1. The van der Waals surface area contributed by atoms with E-state index in [1.807, 2.05) is 0 Å². The van der Waals surface area contributed by atoms with E-state index in [2.05, 4.69) is 71.0 Å². The van der Waals surface area contributed by atoms with Gasteiger partial charge in [0, 0.05) is 12.3 Å². The van der Waals surface area contributed by atoms with E-state index in [9.17, 15) is 4.79 Å². The van der Waals surface area contributed by atoms with Crippen LogP contribution in [0, 0.1) is 40.5 Å². The van der Waals surface area contributed by atoms with Gasteiger partial charge in [0.15, 0.2) is 0 Å². The Balaban J connectivity index is 0.000000212. The predicted octanol–water partition coefficient (Wildman–Crippen LogP) is 6.22. The fraction of sp³-hybridized carbons (Fsp3) is 0.458. The van der Waals surface area contributed by atoms with Gasteiger partial charge in [-0.2, -0.15) is 0 Å². The van der Waals surface area contributed by atoms with Crippen molar-refractivity contribution in [2.75, 3.05) is 0 Å². The van der Waals surface area contributed by atoms with Crippen molar-refractivity contribution in [3.8, 4) is 0 Å². The lowest BCUT2D eigenvalue weighted by molar-refractivity contribution is -0.124. The molecule has 1 heteroatoms. The number of Topliss-reactive ketones (excluding diaryl/α,β-unsaturated/α-hetero) is 1. The Morgan fingerprint density at radius 2 is 1.44 bits per heavy atom. The number of rotatable bonds is 2. The summed E-state index contributed by atoms with van der Waals surface area (Å²) in [4.78, 5) is 11.8. The van der Waals surface area contributed by atoms with Crippen LogP contribution in [-0.4, -0.2) is 5.78 Å². The minimum Gasteiger partial charge on any atom is -0.299 e. The Hall–Kier alpha value is -1.89. The highest BCUT2D eigenvalue weighted by atomic mass is 16.1. The van der Waals surface area contributed by atoms with Gasteiger partial charge in [0.05, 0.1) is 0 Å². The summed E-state index contributed by atoms with van der Waals surface area (Å²) in [6.07, 6.45) is 5.16. The van der Waals surface area contributed by atoms with Crippen LogP contribution in [0.2, 0.25) is 0 Å². The maximum absolute atomic E-state index is 11.8. The zero-order valence-electron chi connectivity index (χ0n) is 16.5. The monoisotopic (exact) mass is 336 g/mol. The molecule has 0 spiro atoms. The number of hydrogen-bond donors (Lipinski definition) is 0. The van der Waals surface area contributed by atoms with Gasteiger partial charge in [0.25, 0.3) is 0 Å². The van der Waals surface area contributed by atoms with Crippen molar-refractivity contribution < 1.29 is 4.79 Å². The first kappa shape index (κ1) is 19.4. The Morgan fingerprint density at radius 3 is 2.04 bits per heavy atom. The third-order valence-electron chi connectivity index (χ3n) is 5.31. The number of carbonyl (C=O) groups excluding carboxylic acids is 1. The Bertz CT molecular complexity index is 727. The molecule has 0 heterocycles. The van der Waals surface area contributed by atoms with Gasteiger partial charge >= 0.3 is 0 Å². The fourth-order valence-electron chi connectivity index (χ4n) is 3.45. The lowest BCUT2D eigenvalue weighted by Gasteiger charge is -2.21. The highest BCUT2D eigenvalue weighted by molar-refractivity contribution is 5.81. The van der Waals surface area contributed by atoms with Crippen LogP contribution < -0.4 is 0 Å². The minimum atomic E-state index is 0.286. The van der Waals surface area contributed by atoms with E-state index in [-0.39, 0.29) is 5.92 Å². The van der Waals surface area contributed by atoms with Gasteiger partial charge in [-0.3, -0.25) is 4.79 Å². The molecule has 1 saturated carbocycles. The molecule has 1 nitrogen and oxygen atoms in total. The standard InChI is InChI=1S/C15H20O.C9H12/c1-11-7-8-12(2)14(9-11)10-13-5-3-4-6-15(13)16;1-7-4-5-8(2)9(3)6-7/h7-9,13H,3-6,10H2,1-2H3;4-6H,1-3H3. The summed E-state index contributed by atoms with van der Waals surface area (Å²) < 4.78 is 0. The molecule has 0 radical (unpaired) electrons. The Kier molecular flexibility index (Phi) is 6.99. The van der Waals surface area contributed by atoms with Crippen LogP contribution in [0.5, 0.6) is 0 Å². The SMILES string of the molecule is Cc1ccc(C)c(C)c1.Cc1ccc(C)c(CC2CCCCC2=O)c1. The topological polar surface area (TPSA) is 17.1 Å². The number of aryl methyl sites for hydroxylation is 5. The molecule has 2 aromatic carbocycles. The molecule has 0 N–H and O–H groups in total. The maximum atomic E-state index is 11.8. The van der Waals surface area contributed by atoms with Crippen LogP contribution in [0.15, 0.2) is 36.4 Å². The molecular weight excluding hydrogens is 304 g/mol. The average molecular weight is 337 g/mol. The summed E-state index contributed by atoms with van der Waals surface area (Å²) in [5.41, 5.74) is 8.08. The van der Waals surface area contributed by atoms with Gasteiger partial charge < -0.3 is 0 Å². The van der Waals surface area contributed by atoms with E-state index in [4.69, 9.17) is 0 Å². The second kappa shape index (κ2) is 8.99. The third kappa shape index (κ3) is 5.85. The fourth-order valence-corrected chi connectivity index (χ4v) is 3.45. The molecule has 134 valence electrons. The number of benzene rings is 2. The summed E-state index contributed by atoms with van der Waals surface area (Å²) >= 11 is 0. The van der Waals surface area contributed by atoms with Crippen LogP contribution in [0.1, 0.15) is 59.1 Å². The number of ketones is 1. The van der Waals surface area contributed by atoms with Gasteiger partial charge in [0.1, 0.15) is 5.78 Å². The van der Waals surface area contributed by atoms with Gasteiger partial charge in [0.2, 0.25) is 0 Å². The number of carbonyl (C=O) groups is 1. The van der Waals surface area contributed by atoms with Crippen LogP contribution in [0.4, 0.5) is 0 Å². The van der Waals surface area contributed by atoms with Crippen LogP contribution >= 0.6 is 0 Å². The Morgan fingerprint density at radius 1 is 0.800 bits per heavy atom. The van der Waals surface area contributed by atoms with E-state index in [0.29, 0.717) is 5.78 Å². The van der Waals surface area contributed by atoms with Crippen molar-refractivity contribution in [1.82, 2.24) is 0 Å². The van der Waals surface area contributed by atoms with E-state index in [1.54, 1.807) is 0 Å². The van der Waals surface area contributed by atoms with Crippen molar-refractivity contribution in [2.45, 2.75) is 66.7 Å². The van der Waals surface area contributed by atoms with E-state index >= 15 is 0 Å². The smallest absolute Gasteiger partial charge is 0.136 e. The average Bonchev–Trinajstić information content (AvgIpc) is 2.57. The van der Waals surface area contributed by atoms with Crippen LogP contribution in [-0.2, 0) is 11.2 Å². The molecule has 25 heavy (non-hydrogen) atoms. The molecule has 0 aliphatic heterocycles. The van der Waals surface area contributed by atoms with Crippen molar-refractivity contribution in [3.05, 3.63) is 69.8 Å². The van der Waals surface area contributed by atoms with Gasteiger partial charge in [-0.25, -0.2) is 0 Å². The molecule has 0 bridgehead atoms. The van der Waals surface area contributed by atoms with Gasteiger partial charge in [-0.15, -0.1) is 0 Å². The Labute approximate surface area is 153 Å². The van der Waals surface area contributed by atoms with Gasteiger partial charge in [-0.1, -0.05) is 53.9 Å². The van der Waals surface area contributed by atoms with E-state index in [1.165, 1.54) is 39.8 Å². The highest BCUT2D eigenvalue weighted by Crippen LogP contribution is 2.25. The lowest BCUT2D eigenvalue weighted by Crippen LogP contribution is -2.21. The normalized spacial score (nSPS) is 17.0. The summed E-state index contributed by atoms with van der Waals surface area (Å²) in [6.45, 7) is 10.7. The second-order valence-corrected chi connectivity index (χ2v) is 7.63. The first-order chi connectivity index (χ1) is 11.9. The molecule has 3 rings (SSSR count). The molecule has 0 saturated heterocycles. The molecule has 2 aromatic rings. The molecule has 1 unspecified atom stereocenters. The highest BCUT2D eigenvalue weighted by Gasteiger charge is 2.22. The van der Waals surface area contributed by atoms with Crippen molar-refractivity contribution in [1.29, 1.82) is 0 Å². The van der Waals surface area contributed by atoms with Crippen molar-refractivity contribution in [2.24, 2.45) is 5.92 Å². The molecular formula is C24H32O. The van der Waals surface area contributed by atoms with E-state index in [0.717, 1.165) is 25.7 Å². The predicted molar refractivity (Wildman–Crippen MR) is 107 cm³/mol. The van der Waals surface area contributed by atoms with Gasteiger partial charge in [-0.05, 0) is 76.1 Å².